The molecule has 0 aliphatic carbocycles. The molecule has 3 aromatic carbocycles. The smallest absolute Gasteiger partial charge is 0.305 e. The molecule has 42 nitrogen and oxygen atoms in total. The Morgan fingerprint density at radius 2 is 1.05 bits per heavy atom. The summed E-state index contributed by atoms with van der Waals surface area (Å²) in [7, 11) is 2.70. The highest BCUT2D eigenvalue weighted by Gasteiger charge is 2.47. The van der Waals surface area contributed by atoms with E-state index < -0.39 is 267 Å². The third kappa shape index (κ3) is 28.0. The molecule has 0 spiro atoms. The molecule has 22 N–H and O–H groups in total. The van der Waals surface area contributed by atoms with Crippen molar-refractivity contribution in [2.24, 2.45) is 23.1 Å². The molecule has 718 valence electrons. The van der Waals surface area contributed by atoms with Crippen molar-refractivity contribution in [1.82, 2.24) is 82.3 Å². The number of primary amides is 1. The summed E-state index contributed by atoms with van der Waals surface area (Å²) in [5.74, 6) is -21.1. The number of nitrogens with two attached hydrogens (primary N) is 3. The van der Waals surface area contributed by atoms with Crippen LogP contribution in [0.25, 0.3) is 21.8 Å². The number of Topliss-reactive ketones (excluding diaryl/α,β-unsaturated/α-hetero) is 1. The number of nitrogens with one attached hydrogen (secondary N) is 11. The summed E-state index contributed by atoms with van der Waals surface area (Å²) < 4.78 is 0. The number of phenolic OH excluding ortho intramolecular Hbond substituents is 1. The second-order valence-electron chi connectivity index (χ2n) is 33.8. The number of ketones is 1. The number of benzene rings is 3. The number of aliphatic hydroxyl groups is 2. The van der Waals surface area contributed by atoms with Crippen molar-refractivity contribution in [3.05, 3.63) is 102 Å². The molecule has 9 rings (SSSR count). The Morgan fingerprint density at radius 3 is 1.65 bits per heavy atom. The number of aromatic nitrogens is 2. The number of thioether (sulfide) groups is 1. The fraction of sp³-hybridized carbons (Fsp3) is 0.551. The van der Waals surface area contributed by atoms with E-state index in [1.807, 2.05) is 13.8 Å². The minimum atomic E-state index is -1.91. The van der Waals surface area contributed by atoms with Crippen LogP contribution in [0.1, 0.15) is 146 Å². The number of nitrogens with zero attached hydrogens (tertiary/aromatic N) is 5. The van der Waals surface area contributed by atoms with Crippen molar-refractivity contribution >= 4 is 140 Å². The third-order valence-electron chi connectivity index (χ3n) is 24.3. The number of likely N-dealkylation sites (N-methyl/N-ethyl adjacent to an activating group) is 2. The van der Waals surface area contributed by atoms with Crippen molar-refractivity contribution in [2.45, 2.75) is 233 Å². The summed E-state index contributed by atoms with van der Waals surface area (Å²) in [5.41, 5.74) is 20.2. The van der Waals surface area contributed by atoms with Crippen LogP contribution in [0.15, 0.2) is 85.2 Å². The van der Waals surface area contributed by atoms with Crippen LogP contribution in [-0.4, -0.2) is 322 Å². The SMILES string of the molecule is CCCC[C@H]1C(=O)N(C)[C@@H](CCCC)C(=O)N[C@@H](CCCN)C(=O)N[C@H](C(=O)NCC(N)=O)CSCC(=O)N[C@@H](Cc2ccc(O)cc2)C(=O)N2CCCCC2C(=O)N[C@@H](CC(=O)O)C(=O)N2CCC[C@H]2C(=O)N[C@@H](CN)C(=O)N[C@@H](CCC(=O)O)C(=O)N2C[C@H](O)C[C@H]2C(=O)N[C@@H](Cc2c[nH]c3ccccc23)C(=O)C[C@@H](CO)C(=O)N[C@@H](Cc2c[nH]c3ccccc23)C(=O)N1C. The molecule has 1 unspecified atom stereocenters. The normalized spacial score (nSPS) is 25.6. The van der Waals surface area contributed by atoms with E-state index in [1.54, 1.807) is 60.9 Å². The van der Waals surface area contributed by atoms with Crippen molar-refractivity contribution in [1.29, 1.82) is 0 Å². The first-order valence-corrected chi connectivity index (χ1v) is 45.8. The van der Waals surface area contributed by atoms with Gasteiger partial charge in [0.2, 0.25) is 88.6 Å². The Kier molecular flexibility index (Phi) is 38.7. The van der Waals surface area contributed by atoms with E-state index in [1.165, 1.54) is 38.4 Å². The second kappa shape index (κ2) is 49.6. The van der Waals surface area contributed by atoms with Gasteiger partial charge >= 0.3 is 11.9 Å². The van der Waals surface area contributed by atoms with Gasteiger partial charge in [0.25, 0.3) is 0 Å². The number of carboxylic acid groups (broad SMARTS) is 2. The van der Waals surface area contributed by atoms with Crippen LogP contribution in [0.5, 0.6) is 5.75 Å². The standard InChI is InChI=1S/C89H123N19O23S/c1-5-7-22-67-81(123)97-59(21-15-32-90)79(121)103-66(78(120)95-44-73(92)113)47-132-48-74(114)96-62(35-49-26-28-53(110)29-27-49)87(129)106-33-14-13-24-68(106)82(124)101-64(40-76(117)118)88(130)107-34-16-25-69(107)83(125)102-65(41-91)80(122)98-60(30-31-75(115)116)86(128)108-45-54(111)39-71(108)84(126)99-61(36-50-42-93-57-19-11-9-17-55(50)57)72(112)38-52(46-109)77(119)100-63(37-51-43-94-58-20-12-10-18-56(51)58)85(127)105(4)70(23-8-6-2)89(131)104(67)3/h9-12,17-20,26-29,42-43,52,54,59-71,93-94,109-111H,5-8,13-16,21-25,30-41,44-48,90-91H2,1-4H3,(H2,92,113)(H,95,120)(H,96,114)(H,97,123)(H,98,122)(H,99,126)(H,100,119)(H,101,124)(H,102,125)(H,103,121)(H,115,116)(H,117,118)/t52-,54+,59-,60-,61-,62-,63-,64-,65-,66-,67-,68?,69-,70-,71-/m0/s1. The zero-order valence-corrected chi connectivity index (χ0v) is 75.2. The molecule has 4 aliphatic heterocycles. The molecule has 2 aromatic heterocycles. The molecule has 132 heavy (non-hydrogen) atoms. The van der Waals surface area contributed by atoms with Crippen LogP contribution in [0.3, 0.4) is 0 Å². The second-order valence-corrected chi connectivity index (χ2v) is 34.9. The van der Waals surface area contributed by atoms with Crippen molar-refractivity contribution < 1.29 is 112 Å². The van der Waals surface area contributed by atoms with Gasteiger partial charge in [-0.2, -0.15) is 0 Å². The van der Waals surface area contributed by atoms with Gasteiger partial charge in [0, 0.05) is 119 Å². The molecule has 4 fully saturated rings. The van der Waals surface area contributed by atoms with E-state index in [0.29, 0.717) is 77.0 Å². The lowest BCUT2D eigenvalue weighted by molar-refractivity contribution is -0.149. The lowest BCUT2D eigenvalue weighted by Gasteiger charge is -2.38. The fourth-order valence-corrected chi connectivity index (χ4v) is 17.9. The van der Waals surface area contributed by atoms with Gasteiger partial charge in [-0.3, -0.25) is 86.3 Å². The first-order chi connectivity index (χ1) is 63.1. The predicted molar refractivity (Wildman–Crippen MR) is 480 cm³/mol. The Hall–Kier alpha value is -12.6. The summed E-state index contributed by atoms with van der Waals surface area (Å²) in [4.78, 5) is 273. The molecule has 4 saturated heterocycles. The molecule has 5 aromatic rings. The quantitative estimate of drug-likeness (QED) is 0.0289. The number of piperidine rings is 1. The summed E-state index contributed by atoms with van der Waals surface area (Å²) in [6, 6.07) is -0.963. The number of carbonyl (C=O) groups excluding carboxylic acids is 16. The fourth-order valence-electron chi connectivity index (χ4n) is 17.0. The van der Waals surface area contributed by atoms with Gasteiger partial charge in [0.1, 0.15) is 78.3 Å². The van der Waals surface area contributed by atoms with E-state index in [0.717, 1.165) is 36.3 Å². The number of aromatic hydroxyl groups is 1. The van der Waals surface area contributed by atoms with Crippen LogP contribution in [0.2, 0.25) is 0 Å². The highest BCUT2D eigenvalue weighted by molar-refractivity contribution is 8.00. The number of carboxylic acids is 2. The minimum absolute atomic E-state index is 0.000236. The van der Waals surface area contributed by atoms with E-state index in [2.05, 4.69) is 57.8 Å². The highest BCUT2D eigenvalue weighted by Crippen LogP contribution is 2.29. The molecule has 4 aliphatic rings. The summed E-state index contributed by atoms with van der Waals surface area (Å²) in [5, 5.41) is 77.6. The summed E-state index contributed by atoms with van der Waals surface area (Å²) in [6.07, 6.45) is -0.608. The average molecular weight is 1860 g/mol. The first-order valence-electron chi connectivity index (χ1n) is 44.6. The van der Waals surface area contributed by atoms with Gasteiger partial charge in [-0.05, 0) is 112 Å². The number of aromatic amines is 2. The maximum absolute atomic E-state index is 15.7. The third-order valence-corrected chi connectivity index (χ3v) is 25.3. The van der Waals surface area contributed by atoms with Crippen LogP contribution >= 0.6 is 11.8 Å². The van der Waals surface area contributed by atoms with Gasteiger partial charge in [0.15, 0.2) is 5.78 Å². The molecule has 6 heterocycles. The predicted octanol–water partition coefficient (Wildman–Crippen LogP) is -2.42. The lowest BCUT2D eigenvalue weighted by atomic mass is 9.93. The number of unbranched alkanes of at least 4 members (excludes halogenated alkanes) is 2. The topological polar surface area (TPSA) is 643 Å². The van der Waals surface area contributed by atoms with Crippen LogP contribution in [-0.2, 0) is 106 Å². The highest BCUT2D eigenvalue weighted by atomic mass is 32.2. The number of hydrogen-bond acceptors (Lipinski definition) is 24. The monoisotopic (exact) mass is 1860 g/mol. The molecule has 43 heteroatoms. The Balaban J connectivity index is 1.09. The van der Waals surface area contributed by atoms with Crippen LogP contribution < -0.4 is 65.1 Å². The maximum atomic E-state index is 15.7. The van der Waals surface area contributed by atoms with Crippen molar-refractivity contribution in [2.75, 3.05) is 71.5 Å². The largest absolute Gasteiger partial charge is 0.508 e. The average Bonchev–Trinajstić information content (AvgIpc) is 1.09. The number of phenols is 1. The number of H-pyrrole nitrogens is 2. The molecular formula is C89H123N19O23S. The molecular weight excluding hydrogens is 1740 g/mol. The molecule has 15 amide bonds. The zero-order valence-electron chi connectivity index (χ0n) is 74.4. The van der Waals surface area contributed by atoms with E-state index >= 15 is 38.4 Å². The number of rotatable bonds is 25. The van der Waals surface area contributed by atoms with E-state index in [4.69, 9.17) is 17.2 Å². The minimum Gasteiger partial charge on any atom is -0.508 e. The zero-order chi connectivity index (χ0) is 96.2. The molecule has 0 bridgehead atoms. The number of para-hydroxylation sites is 2. The molecule has 0 radical (unpaired) electrons. The molecule has 15 atom stereocenters. The first kappa shape index (κ1) is 103. The Labute approximate surface area is 766 Å². The number of hydrogen-bond donors (Lipinski definition) is 19. The van der Waals surface area contributed by atoms with Crippen LogP contribution in [0.4, 0.5) is 0 Å². The number of amides is 15. The van der Waals surface area contributed by atoms with Gasteiger partial charge in [-0.25, -0.2) is 0 Å². The van der Waals surface area contributed by atoms with E-state index in [-0.39, 0.29) is 89.6 Å². The number of aliphatic hydroxyl groups excluding tert-OH is 2. The molecule has 0 saturated carbocycles. The summed E-state index contributed by atoms with van der Waals surface area (Å²) in [6.45, 7) is 0.344. The summed E-state index contributed by atoms with van der Waals surface area (Å²) >= 11 is 0.778. The van der Waals surface area contributed by atoms with Gasteiger partial charge < -0.3 is 125 Å². The lowest BCUT2D eigenvalue weighted by Crippen LogP contribution is -2.62. The van der Waals surface area contributed by atoms with Gasteiger partial charge in [-0.15, -0.1) is 11.8 Å². The van der Waals surface area contributed by atoms with Crippen molar-refractivity contribution in [3.63, 3.8) is 0 Å². The maximum Gasteiger partial charge on any atom is 0.305 e. The number of fused-ring (bicyclic) bond motifs is 5. The Bertz CT molecular complexity index is 4970. The van der Waals surface area contributed by atoms with Gasteiger partial charge in [0.05, 0.1) is 43.4 Å². The van der Waals surface area contributed by atoms with E-state index in [9.17, 15) is 73.5 Å². The Morgan fingerprint density at radius 1 is 0.523 bits per heavy atom. The van der Waals surface area contributed by atoms with Crippen molar-refractivity contribution in [3.8, 4) is 5.75 Å². The number of carbonyl (C=O) groups is 18. The van der Waals surface area contributed by atoms with Crippen LogP contribution in [0, 0.1) is 5.92 Å². The van der Waals surface area contributed by atoms with Gasteiger partial charge in [-0.1, -0.05) is 88.1 Å². The number of aliphatic carboxylic acids is 2.